The molecular weight excluding hydrogens is 234 g/mol. The molecule has 1 unspecified atom stereocenters. The molecule has 0 radical (unpaired) electrons. The number of para-hydroxylation sites is 1. The molecule has 0 bridgehead atoms. The van der Waals surface area contributed by atoms with Crippen molar-refractivity contribution in [3.8, 4) is 11.5 Å². The predicted octanol–water partition coefficient (Wildman–Crippen LogP) is 2.46. The number of nitro groups is 1. The Balaban J connectivity index is 2.56. The van der Waals surface area contributed by atoms with Gasteiger partial charge in [0.1, 0.15) is 0 Å². The van der Waals surface area contributed by atoms with Crippen LogP contribution in [-0.2, 0) is 0 Å². The molecule has 1 atom stereocenters. The van der Waals surface area contributed by atoms with Gasteiger partial charge in [-0.3, -0.25) is 10.1 Å². The van der Waals surface area contributed by atoms with Gasteiger partial charge in [0.2, 0.25) is 0 Å². The van der Waals surface area contributed by atoms with Crippen molar-refractivity contribution in [3.63, 3.8) is 0 Å². The molecule has 2 N–H and O–H groups in total. The molecule has 0 saturated heterocycles. The van der Waals surface area contributed by atoms with Gasteiger partial charge >= 0.3 is 0 Å². The van der Waals surface area contributed by atoms with E-state index in [9.17, 15) is 20.3 Å². The van der Waals surface area contributed by atoms with E-state index in [1.807, 2.05) is 0 Å². The van der Waals surface area contributed by atoms with Crippen molar-refractivity contribution in [2.45, 2.75) is 6.04 Å². The average molecular weight is 245 g/mol. The summed E-state index contributed by atoms with van der Waals surface area (Å²) < 4.78 is 0. The van der Waals surface area contributed by atoms with Gasteiger partial charge in [0.05, 0.1) is 5.56 Å². The number of phenolic OH excluding ortho intramolecular Hbond substituents is 2. The number of phenols is 2. The van der Waals surface area contributed by atoms with Crippen LogP contribution in [0.5, 0.6) is 11.5 Å². The van der Waals surface area contributed by atoms with Gasteiger partial charge in [-0.05, 0) is 12.1 Å². The molecule has 5 heteroatoms. The molecule has 0 aromatic heterocycles. The van der Waals surface area contributed by atoms with Gasteiger partial charge in [-0.2, -0.15) is 0 Å². The van der Waals surface area contributed by atoms with Crippen molar-refractivity contribution in [1.29, 1.82) is 0 Å². The van der Waals surface area contributed by atoms with Crippen molar-refractivity contribution in [3.05, 3.63) is 69.8 Å². The summed E-state index contributed by atoms with van der Waals surface area (Å²) in [7, 11) is 0. The molecule has 2 aromatic carbocycles. The summed E-state index contributed by atoms with van der Waals surface area (Å²) in [5.74, 6) is -0.821. The third-order valence-corrected chi connectivity index (χ3v) is 2.67. The summed E-state index contributed by atoms with van der Waals surface area (Å²) in [4.78, 5) is 10.7. The van der Waals surface area contributed by atoms with E-state index in [1.54, 1.807) is 30.3 Å². The van der Waals surface area contributed by atoms with Crippen molar-refractivity contribution < 1.29 is 15.1 Å². The maximum Gasteiger partial charge on any atom is 0.266 e. The quantitative estimate of drug-likeness (QED) is 0.494. The monoisotopic (exact) mass is 245 g/mol. The lowest BCUT2D eigenvalue weighted by Gasteiger charge is -2.12. The molecule has 5 nitrogen and oxygen atoms in total. The van der Waals surface area contributed by atoms with Gasteiger partial charge in [0, 0.05) is 10.5 Å². The van der Waals surface area contributed by atoms with Crippen LogP contribution >= 0.6 is 0 Å². The van der Waals surface area contributed by atoms with Crippen molar-refractivity contribution in [1.82, 2.24) is 0 Å². The molecule has 0 aliphatic heterocycles. The molecule has 0 heterocycles. The van der Waals surface area contributed by atoms with Gasteiger partial charge in [-0.25, -0.2) is 0 Å². The summed E-state index contributed by atoms with van der Waals surface area (Å²) in [5, 5.41) is 30.3. The topological polar surface area (TPSA) is 83.6 Å². The average Bonchev–Trinajstić information content (AvgIpc) is 2.36. The van der Waals surface area contributed by atoms with Crippen LogP contribution in [0.3, 0.4) is 0 Å². The third-order valence-electron chi connectivity index (χ3n) is 2.67. The van der Waals surface area contributed by atoms with Gasteiger partial charge in [-0.1, -0.05) is 36.4 Å². The molecule has 0 aliphatic carbocycles. The number of rotatable bonds is 3. The van der Waals surface area contributed by atoms with Crippen LogP contribution < -0.4 is 0 Å². The summed E-state index contributed by atoms with van der Waals surface area (Å²) in [5.41, 5.74) is 0.523. The number of nitrogens with zero attached hydrogens (tertiary/aromatic N) is 1. The Morgan fingerprint density at radius 1 is 1.00 bits per heavy atom. The first-order chi connectivity index (χ1) is 8.61. The van der Waals surface area contributed by atoms with Crippen LogP contribution in [0.25, 0.3) is 0 Å². The van der Waals surface area contributed by atoms with E-state index in [-0.39, 0.29) is 11.3 Å². The summed E-state index contributed by atoms with van der Waals surface area (Å²) in [6.07, 6.45) is 0. The SMILES string of the molecule is O=[N+]([O-])C(c1ccccc1)c1cccc(O)c1O. The van der Waals surface area contributed by atoms with Crippen molar-refractivity contribution >= 4 is 0 Å². The largest absolute Gasteiger partial charge is 0.504 e. The van der Waals surface area contributed by atoms with Crippen LogP contribution in [0.1, 0.15) is 17.2 Å². The van der Waals surface area contributed by atoms with Crippen LogP contribution in [0.15, 0.2) is 48.5 Å². The van der Waals surface area contributed by atoms with E-state index in [0.29, 0.717) is 5.56 Å². The van der Waals surface area contributed by atoms with Crippen LogP contribution in [0.2, 0.25) is 0 Å². The van der Waals surface area contributed by atoms with E-state index >= 15 is 0 Å². The second-order valence-electron chi connectivity index (χ2n) is 3.81. The molecule has 0 fully saturated rings. The van der Waals surface area contributed by atoms with Gasteiger partial charge in [-0.15, -0.1) is 0 Å². The standard InChI is InChI=1S/C13H11NO4/c15-11-8-4-7-10(13(11)16)12(14(17)18)9-5-2-1-3-6-9/h1-8,12,15-16H. The fourth-order valence-corrected chi connectivity index (χ4v) is 1.82. The maximum atomic E-state index is 11.2. The lowest BCUT2D eigenvalue weighted by molar-refractivity contribution is -0.517. The maximum absolute atomic E-state index is 11.2. The molecule has 2 rings (SSSR count). The predicted molar refractivity (Wildman–Crippen MR) is 65.1 cm³/mol. The lowest BCUT2D eigenvalue weighted by atomic mass is 9.98. The summed E-state index contributed by atoms with van der Waals surface area (Å²) in [6, 6.07) is 11.3. The highest BCUT2D eigenvalue weighted by atomic mass is 16.6. The molecular formula is C13H11NO4. The summed E-state index contributed by atoms with van der Waals surface area (Å²) >= 11 is 0. The van der Waals surface area contributed by atoms with Gasteiger partial charge in [0.15, 0.2) is 11.5 Å². The number of hydrogen-bond acceptors (Lipinski definition) is 4. The van der Waals surface area contributed by atoms with Crippen LogP contribution in [-0.4, -0.2) is 15.1 Å². The zero-order valence-electron chi connectivity index (χ0n) is 9.35. The minimum Gasteiger partial charge on any atom is -0.504 e. The minimum atomic E-state index is -1.20. The normalized spacial score (nSPS) is 12.0. The zero-order valence-corrected chi connectivity index (χ0v) is 9.35. The smallest absolute Gasteiger partial charge is 0.266 e. The first kappa shape index (κ1) is 11.9. The summed E-state index contributed by atoms with van der Waals surface area (Å²) in [6.45, 7) is 0. The Morgan fingerprint density at radius 2 is 1.67 bits per heavy atom. The molecule has 0 saturated carbocycles. The molecule has 0 spiro atoms. The number of benzene rings is 2. The first-order valence-electron chi connectivity index (χ1n) is 5.30. The molecule has 2 aromatic rings. The van der Waals surface area contributed by atoms with Crippen LogP contribution in [0.4, 0.5) is 0 Å². The zero-order chi connectivity index (χ0) is 13.1. The second kappa shape index (κ2) is 4.75. The van der Waals surface area contributed by atoms with E-state index in [1.165, 1.54) is 18.2 Å². The van der Waals surface area contributed by atoms with Crippen molar-refractivity contribution in [2.75, 3.05) is 0 Å². The Bertz CT molecular complexity index is 568. The Morgan fingerprint density at radius 3 is 2.28 bits per heavy atom. The Labute approximate surface area is 103 Å². The Hall–Kier alpha value is -2.56. The lowest BCUT2D eigenvalue weighted by Crippen LogP contribution is -2.12. The van der Waals surface area contributed by atoms with Gasteiger partial charge in [0.25, 0.3) is 6.04 Å². The van der Waals surface area contributed by atoms with E-state index in [4.69, 9.17) is 0 Å². The molecule has 92 valence electrons. The number of aromatic hydroxyl groups is 2. The van der Waals surface area contributed by atoms with E-state index in [2.05, 4.69) is 0 Å². The molecule has 0 aliphatic rings. The van der Waals surface area contributed by atoms with Crippen molar-refractivity contribution in [2.24, 2.45) is 0 Å². The number of hydrogen-bond donors (Lipinski definition) is 2. The minimum absolute atomic E-state index is 0.0752. The highest BCUT2D eigenvalue weighted by Gasteiger charge is 2.28. The van der Waals surface area contributed by atoms with Crippen LogP contribution in [0, 0.1) is 10.1 Å². The molecule has 0 amide bonds. The third kappa shape index (κ3) is 2.10. The highest BCUT2D eigenvalue weighted by Crippen LogP contribution is 2.36. The molecule has 18 heavy (non-hydrogen) atoms. The van der Waals surface area contributed by atoms with Gasteiger partial charge < -0.3 is 10.2 Å². The fraction of sp³-hybridized carbons (Fsp3) is 0.0769. The highest BCUT2D eigenvalue weighted by molar-refractivity contribution is 5.47. The Kier molecular flexibility index (Phi) is 3.14. The first-order valence-corrected chi connectivity index (χ1v) is 5.30. The van der Waals surface area contributed by atoms with E-state index in [0.717, 1.165) is 0 Å². The fourth-order valence-electron chi connectivity index (χ4n) is 1.82. The second-order valence-corrected chi connectivity index (χ2v) is 3.81. The van der Waals surface area contributed by atoms with E-state index < -0.39 is 16.7 Å².